The molecular formula is C14H26N4. The molecule has 3 atom stereocenters. The average molecular weight is 250 g/mol. The maximum Gasteiger partial charge on any atom is 0.108 e. The van der Waals surface area contributed by atoms with E-state index in [1.165, 1.54) is 25.7 Å². The van der Waals surface area contributed by atoms with Crippen molar-refractivity contribution < 1.29 is 0 Å². The normalized spacial score (nSPS) is 26.2. The highest BCUT2D eigenvalue weighted by atomic mass is 15.2. The smallest absolute Gasteiger partial charge is 0.108 e. The minimum absolute atomic E-state index is 0.435. The molecule has 0 aliphatic heterocycles. The van der Waals surface area contributed by atoms with E-state index in [9.17, 15) is 0 Å². The summed E-state index contributed by atoms with van der Waals surface area (Å²) >= 11 is 0. The molecule has 1 aliphatic carbocycles. The highest BCUT2D eigenvalue weighted by Crippen LogP contribution is 2.31. The first-order valence-corrected chi connectivity index (χ1v) is 7.13. The number of nitrogens with two attached hydrogens (primary N) is 1. The number of nitrogens with one attached hydrogen (secondary N) is 1. The summed E-state index contributed by atoms with van der Waals surface area (Å²) in [5.41, 5.74) is 3.04. The van der Waals surface area contributed by atoms with Crippen LogP contribution in [0.1, 0.15) is 44.9 Å². The number of hydrogen-bond donors (Lipinski definition) is 2. The number of nitrogens with zero attached hydrogens (tertiary/aromatic N) is 2. The maximum absolute atomic E-state index is 5.75. The van der Waals surface area contributed by atoms with Crippen LogP contribution in [0.4, 0.5) is 0 Å². The van der Waals surface area contributed by atoms with Gasteiger partial charge in [0.25, 0.3) is 0 Å². The number of rotatable bonds is 5. The topological polar surface area (TPSA) is 55.9 Å². The Morgan fingerprint density at radius 2 is 2.39 bits per heavy atom. The Morgan fingerprint density at radius 3 is 3.00 bits per heavy atom. The molecule has 1 aliphatic rings. The van der Waals surface area contributed by atoms with E-state index >= 15 is 0 Å². The van der Waals surface area contributed by atoms with Crippen LogP contribution >= 0.6 is 0 Å². The van der Waals surface area contributed by atoms with E-state index in [0.717, 1.165) is 30.5 Å². The van der Waals surface area contributed by atoms with E-state index < -0.39 is 0 Å². The molecule has 3 N–H and O–H groups in total. The van der Waals surface area contributed by atoms with Crippen molar-refractivity contribution in [2.24, 2.45) is 24.7 Å². The van der Waals surface area contributed by atoms with Crippen molar-refractivity contribution in [2.75, 3.05) is 0 Å². The number of imidazole rings is 1. The third-order valence-corrected chi connectivity index (χ3v) is 4.36. The first-order chi connectivity index (χ1) is 8.70. The summed E-state index contributed by atoms with van der Waals surface area (Å²) in [6.07, 6.45) is 11.3. The Bertz CT molecular complexity index is 360. The molecule has 1 aromatic heterocycles. The van der Waals surface area contributed by atoms with Gasteiger partial charge in [0.05, 0.1) is 0 Å². The highest BCUT2D eigenvalue weighted by molar-refractivity contribution is 4.93. The zero-order chi connectivity index (χ0) is 13.0. The Labute approximate surface area is 110 Å². The highest BCUT2D eigenvalue weighted by Gasteiger charge is 2.25. The molecule has 1 heterocycles. The molecule has 0 radical (unpaired) electrons. The van der Waals surface area contributed by atoms with Crippen molar-refractivity contribution in [2.45, 2.75) is 51.5 Å². The van der Waals surface area contributed by atoms with Crippen LogP contribution in [0.25, 0.3) is 0 Å². The van der Waals surface area contributed by atoms with Gasteiger partial charge in [0.15, 0.2) is 0 Å². The summed E-state index contributed by atoms with van der Waals surface area (Å²) in [5, 5.41) is 0. The van der Waals surface area contributed by atoms with Crippen LogP contribution in [0.2, 0.25) is 0 Å². The molecule has 4 heteroatoms. The lowest BCUT2D eigenvalue weighted by molar-refractivity contribution is 0.215. The molecule has 0 bridgehead atoms. The molecule has 0 amide bonds. The second kappa shape index (κ2) is 6.34. The molecule has 1 fully saturated rings. The third-order valence-electron chi connectivity index (χ3n) is 4.36. The zero-order valence-electron chi connectivity index (χ0n) is 11.6. The Balaban J connectivity index is 1.87. The molecular weight excluding hydrogens is 224 g/mol. The molecule has 1 aromatic rings. The largest absolute Gasteiger partial charge is 0.338 e. The SMILES string of the molecule is CC1CCCC(C(CCc2nccn2C)NN)C1. The van der Waals surface area contributed by atoms with Gasteiger partial charge in [-0.15, -0.1) is 0 Å². The fourth-order valence-electron chi connectivity index (χ4n) is 3.22. The molecule has 2 rings (SSSR count). The maximum atomic E-state index is 5.75. The fourth-order valence-corrected chi connectivity index (χ4v) is 3.22. The van der Waals surface area contributed by atoms with Crippen molar-refractivity contribution in [1.82, 2.24) is 15.0 Å². The van der Waals surface area contributed by atoms with Gasteiger partial charge in [-0.25, -0.2) is 4.98 Å². The quantitative estimate of drug-likeness (QED) is 0.621. The standard InChI is InChI=1S/C14H26N4/c1-11-4-3-5-12(10-11)13(17-15)6-7-14-16-8-9-18(14)2/h8-9,11-13,17H,3-7,10,15H2,1-2H3. The summed E-state index contributed by atoms with van der Waals surface area (Å²) in [6.45, 7) is 2.36. The van der Waals surface area contributed by atoms with Gasteiger partial charge in [0.1, 0.15) is 5.82 Å². The van der Waals surface area contributed by atoms with Gasteiger partial charge in [0.2, 0.25) is 0 Å². The Hall–Kier alpha value is -0.870. The van der Waals surface area contributed by atoms with Gasteiger partial charge in [-0.1, -0.05) is 19.8 Å². The Kier molecular flexibility index (Phi) is 4.78. The second-order valence-corrected chi connectivity index (χ2v) is 5.80. The number of aryl methyl sites for hydroxylation is 2. The minimum atomic E-state index is 0.435. The van der Waals surface area contributed by atoms with Crippen LogP contribution in [0.3, 0.4) is 0 Å². The van der Waals surface area contributed by atoms with E-state index in [-0.39, 0.29) is 0 Å². The summed E-state index contributed by atoms with van der Waals surface area (Å²) in [6, 6.07) is 0.435. The molecule has 1 saturated carbocycles. The van der Waals surface area contributed by atoms with Crippen molar-refractivity contribution in [3.63, 3.8) is 0 Å². The molecule has 18 heavy (non-hydrogen) atoms. The van der Waals surface area contributed by atoms with Gasteiger partial charge in [-0.3, -0.25) is 11.3 Å². The fraction of sp³-hybridized carbons (Fsp3) is 0.786. The van der Waals surface area contributed by atoms with Crippen LogP contribution < -0.4 is 11.3 Å². The average Bonchev–Trinajstić information content (AvgIpc) is 2.76. The monoisotopic (exact) mass is 250 g/mol. The number of aromatic nitrogens is 2. The minimum Gasteiger partial charge on any atom is -0.338 e. The molecule has 102 valence electrons. The third kappa shape index (κ3) is 3.33. The lowest BCUT2D eigenvalue weighted by Gasteiger charge is -2.32. The van der Waals surface area contributed by atoms with Gasteiger partial charge >= 0.3 is 0 Å². The van der Waals surface area contributed by atoms with Crippen molar-refractivity contribution in [3.05, 3.63) is 18.2 Å². The van der Waals surface area contributed by atoms with Gasteiger partial charge < -0.3 is 4.57 Å². The summed E-state index contributed by atoms with van der Waals surface area (Å²) in [5.74, 6) is 8.49. The van der Waals surface area contributed by atoms with Crippen molar-refractivity contribution in [3.8, 4) is 0 Å². The van der Waals surface area contributed by atoms with Gasteiger partial charge in [-0.05, 0) is 31.1 Å². The number of hydrazine groups is 1. The lowest BCUT2D eigenvalue weighted by Crippen LogP contribution is -2.42. The van der Waals surface area contributed by atoms with E-state index in [0.29, 0.717) is 6.04 Å². The van der Waals surface area contributed by atoms with Crippen LogP contribution in [-0.2, 0) is 13.5 Å². The summed E-state index contributed by atoms with van der Waals surface area (Å²) in [7, 11) is 2.05. The molecule has 0 saturated heterocycles. The first kappa shape index (κ1) is 13.6. The summed E-state index contributed by atoms with van der Waals surface area (Å²) < 4.78 is 2.09. The van der Waals surface area contributed by atoms with Crippen molar-refractivity contribution in [1.29, 1.82) is 0 Å². The molecule has 0 aromatic carbocycles. The predicted octanol–water partition coefficient (Wildman–Crippen LogP) is 2.01. The van der Waals surface area contributed by atoms with Gasteiger partial charge in [0, 0.05) is 31.9 Å². The lowest BCUT2D eigenvalue weighted by atomic mass is 9.77. The summed E-state index contributed by atoms with van der Waals surface area (Å²) in [4.78, 5) is 4.38. The number of hydrogen-bond acceptors (Lipinski definition) is 3. The predicted molar refractivity (Wildman–Crippen MR) is 73.8 cm³/mol. The van der Waals surface area contributed by atoms with Crippen LogP contribution in [0, 0.1) is 11.8 Å². The van der Waals surface area contributed by atoms with E-state index in [2.05, 4.69) is 28.9 Å². The zero-order valence-corrected chi connectivity index (χ0v) is 11.6. The van der Waals surface area contributed by atoms with Crippen LogP contribution in [0.5, 0.6) is 0 Å². The first-order valence-electron chi connectivity index (χ1n) is 7.13. The van der Waals surface area contributed by atoms with E-state index in [1.807, 2.05) is 12.4 Å². The van der Waals surface area contributed by atoms with Crippen LogP contribution in [-0.4, -0.2) is 15.6 Å². The van der Waals surface area contributed by atoms with E-state index in [1.54, 1.807) is 0 Å². The van der Waals surface area contributed by atoms with Gasteiger partial charge in [-0.2, -0.15) is 0 Å². The molecule has 0 spiro atoms. The molecule has 3 unspecified atom stereocenters. The van der Waals surface area contributed by atoms with Crippen molar-refractivity contribution >= 4 is 0 Å². The Morgan fingerprint density at radius 1 is 1.56 bits per heavy atom. The molecule has 4 nitrogen and oxygen atoms in total. The second-order valence-electron chi connectivity index (χ2n) is 5.80. The van der Waals surface area contributed by atoms with Crippen LogP contribution in [0.15, 0.2) is 12.4 Å². The van der Waals surface area contributed by atoms with E-state index in [4.69, 9.17) is 5.84 Å².